The molecule has 1 aliphatic rings. The van der Waals surface area contributed by atoms with E-state index in [9.17, 15) is 4.79 Å². The van der Waals surface area contributed by atoms with E-state index in [1.807, 2.05) is 13.8 Å². The van der Waals surface area contributed by atoms with Crippen molar-refractivity contribution in [1.29, 1.82) is 0 Å². The second kappa shape index (κ2) is 7.16. The molecule has 7 nitrogen and oxygen atoms in total. The Balaban J connectivity index is 1.70. The van der Waals surface area contributed by atoms with Crippen molar-refractivity contribution in [2.75, 3.05) is 36.5 Å². The number of amides is 1. The summed E-state index contributed by atoms with van der Waals surface area (Å²) in [5.74, 6) is 1.76. The Bertz CT molecular complexity index is 714. The van der Waals surface area contributed by atoms with E-state index < -0.39 is 0 Å². The SMILES string of the molecule is CCN(CC)c1ccc(C(=O)Nc2ccc3c(c2)OCCO3)nn1. The minimum absolute atomic E-state index is 0.265. The summed E-state index contributed by atoms with van der Waals surface area (Å²) in [5, 5.41) is 10.9. The average molecular weight is 328 g/mol. The Morgan fingerprint density at radius 3 is 2.50 bits per heavy atom. The third kappa shape index (κ3) is 3.40. The minimum Gasteiger partial charge on any atom is -0.486 e. The normalized spacial score (nSPS) is 12.6. The molecule has 2 aromatic rings. The van der Waals surface area contributed by atoms with Crippen molar-refractivity contribution in [2.24, 2.45) is 0 Å². The lowest BCUT2D eigenvalue weighted by molar-refractivity contribution is 0.102. The number of hydrogen-bond donors (Lipinski definition) is 1. The number of benzene rings is 1. The largest absolute Gasteiger partial charge is 0.486 e. The van der Waals surface area contributed by atoms with Gasteiger partial charge in [0.25, 0.3) is 5.91 Å². The third-order valence-electron chi connectivity index (χ3n) is 3.77. The molecule has 0 saturated heterocycles. The summed E-state index contributed by atoms with van der Waals surface area (Å²) in [5.41, 5.74) is 0.889. The zero-order chi connectivity index (χ0) is 16.9. The van der Waals surface area contributed by atoms with Gasteiger partial charge in [-0.15, -0.1) is 10.2 Å². The van der Waals surface area contributed by atoms with E-state index >= 15 is 0 Å². The number of ether oxygens (including phenoxy) is 2. The maximum absolute atomic E-state index is 12.3. The van der Waals surface area contributed by atoms with Crippen molar-refractivity contribution >= 4 is 17.4 Å². The predicted octanol–water partition coefficient (Wildman–Crippen LogP) is 2.35. The lowest BCUT2D eigenvalue weighted by Gasteiger charge is -2.19. The first-order chi connectivity index (χ1) is 11.7. The zero-order valence-electron chi connectivity index (χ0n) is 13.8. The standard InChI is InChI=1S/C17H20N4O3/c1-3-21(4-2)16-8-6-13(19-20-16)17(22)18-12-5-7-14-15(11-12)24-10-9-23-14/h5-8,11H,3-4,9-10H2,1-2H3,(H,18,22). The molecule has 2 heterocycles. The molecule has 0 radical (unpaired) electrons. The second-order valence-corrected chi connectivity index (χ2v) is 5.26. The summed E-state index contributed by atoms with van der Waals surface area (Å²) in [6, 6.07) is 8.76. The van der Waals surface area contributed by atoms with Crippen LogP contribution >= 0.6 is 0 Å². The molecule has 126 valence electrons. The molecule has 0 saturated carbocycles. The highest BCUT2D eigenvalue weighted by molar-refractivity contribution is 6.03. The molecule has 0 atom stereocenters. The topological polar surface area (TPSA) is 76.6 Å². The molecule has 0 aliphatic carbocycles. The fourth-order valence-electron chi connectivity index (χ4n) is 2.48. The molecule has 7 heteroatoms. The first-order valence-corrected chi connectivity index (χ1v) is 8.01. The fraction of sp³-hybridized carbons (Fsp3) is 0.353. The van der Waals surface area contributed by atoms with Crippen LogP contribution < -0.4 is 19.7 Å². The van der Waals surface area contributed by atoms with Crippen LogP contribution in [0.5, 0.6) is 11.5 Å². The van der Waals surface area contributed by atoms with Crippen LogP contribution in [0.3, 0.4) is 0 Å². The van der Waals surface area contributed by atoms with Gasteiger partial charge in [0.1, 0.15) is 13.2 Å². The van der Waals surface area contributed by atoms with Crippen LogP contribution in [0.1, 0.15) is 24.3 Å². The van der Waals surface area contributed by atoms with Crippen molar-refractivity contribution < 1.29 is 14.3 Å². The Hall–Kier alpha value is -2.83. The number of carbonyl (C=O) groups excluding carboxylic acids is 1. The van der Waals surface area contributed by atoms with E-state index in [1.54, 1.807) is 30.3 Å². The number of aromatic nitrogens is 2. The molecule has 24 heavy (non-hydrogen) atoms. The van der Waals surface area contributed by atoms with Crippen molar-refractivity contribution in [3.05, 3.63) is 36.0 Å². The van der Waals surface area contributed by atoms with Gasteiger partial charge in [0, 0.05) is 24.8 Å². The number of carbonyl (C=O) groups is 1. The van der Waals surface area contributed by atoms with Crippen molar-refractivity contribution in [2.45, 2.75) is 13.8 Å². The van der Waals surface area contributed by atoms with E-state index in [4.69, 9.17) is 9.47 Å². The number of nitrogens with one attached hydrogen (secondary N) is 1. The molecule has 0 fully saturated rings. The molecule has 0 unspecified atom stereocenters. The fourth-order valence-corrected chi connectivity index (χ4v) is 2.48. The number of anilines is 2. The summed E-state index contributed by atoms with van der Waals surface area (Å²) in [6.07, 6.45) is 0. The van der Waals surface area contributed by atoms with Crippen LogP contribution in [0.4, 0.5) is 11.5 Å². The van der Waals surface area contributed by atoms with Crippen LogP contribution in [-0.4, -0.2) is 42.4 Å². The van der Waals surface area contributed by atoms with Gasteiger partial charge in [0.15, 0.2) is 23.0 Å². The smallest absolute Gasteiger partial charge is 0.276 e. The van der Waals surface area contributed by atoms with Gasteiger partial charge in [0.2, 0.25) is 0 Å². The molecular weight excluding hydrogens is 308 g/mol. The number of rotatable bonds is 5. The van der Waals surface area contributed by atoms with E-state index in [-0.39, 0.29) is 11.6 Å². The van der Waals surface area contributed by atoms with E-state index in [0.717, 1.165) is 18.9 Å². The molecule has 0 bridgehead atoms. The lowest BCUT2D eigenvalue weighted by atomic mass is 10.2. The summed E-state index contributed by atoms with van der Waals surface area (Å²) in [7, 11) is 0. The average Bonchev–Trinajstić information content (AvgIpc) is 2.63. The number of hydrogen-bond acceptors (Lipinski definition) is 6. The number of nitrogens with zero attached hydrogens (tertiary/aromatic N) is 3. The lowest BCUT2D eigenvalue weighted by Crippen LogP contribution is -2.24. The molecule has 1 aliphatic heterocycles. The molecule has 3 rings (SSSR count). The third-order valence-corrected chi connectivity index (χ3v) is 3.77. The van der Waals surface area contributed by atoms with Crippen molar-refractivity contribution in [3.63, 3.8) is 0 Å². The van der Waals surface area contributed by atoms with Gasteiger partial charge in [0.05, 0.1) is 0 Å². The van der Waals surface area contributed by atoms with Crippen LogP contribution in [0.25, 0.3) is 0 Å². The maximum Gasteiger partial charge on any atom is 0.276 e. The highest BCUT2D eigenvalue weighted by Crippen LogP contribution is 2.32. The predicted molar refractivity (Wildman–Crippen MR) is 91.0 cm³/mol. The van der Waals surface area contributed by atoms with Crippen LogP contribution in [0.15, 0.2) is 30.3 Å². The molecule has 1 aromatic heterocycles. The van der Waals surface area contributed by atoms with Crippen molar-refractivity contribution in [3.8, 4) is 11.5 Å². The number of fused-ring (bicyclic) bond motifs is 1. The minimum atomic E-state index is -0.315. The second-order valence-electron chi connectivity index (χ2n) is 5.26. The Labute approximate surface area is 140 Å². The monoisotopic (exact) mass is 328 g/mol. The summed E-state index contributed by atoms with van der Waals surface area (Å²) >= 11 is 0. The van der Waals surface area contributed by atoms with E-state index in [1.165, 1.54) is 0 Å². The Morgan fingerprint density at radius 2 is 1.83 bits per heavy atom. The van der Waals surface area contributed by atoms with Gasteiger partial charge in [-0.05, 0) is 38.1 Å². The van der Waals surface area contributed by atoms with Gasteiger partial charge in [-0.2, -0.15) is 0 Å². The molecule has 1 N–H and O–H groups in total. The highest BCUT2D eigenvalue weighted by atomic mass is 16.6. The highest BCUT2D eigenvalue weighted by Gasteiger charge is 2.14. The first-order valence-electron chi connectivity index (χ1n) is 8.01. The Morgan fingerprint density at radius 1 is 1.08 bits per heavy atom. The van der Waals surface area contributed by atoms with Crippen molar-refractivity contribution in [1.82, 2.24) is 10.2 Å². The van der Waals surface area contributed by atoms with Gasteiger partial charge in [-0.1, -0.05) is 0 Å². The molecule has 1 amide bonds. The molecule has 0 spiro atoms. The van der Waals surface area contributed by atoms with Gasteiger partial charge in [-0.25, -0.2) is 0 Å². The summed E-state index contributed by atoms with van der Waals surface area (Å²) in [4.78, 5) is 14.4. The maximum atomic E-state index is 12.3. The van der Waals surface area contributed by atoms with Crippen LogP contribution in [-0.2, 0) is 0 Å². The van der Waals surface area contributed by atoms with Gasteiger partial charge < -0.3 is 19.7 Å². The van der Waals surface area contributed by atoms with Crippen LogP contribution in [0, 0.1) is 0 Å². The van der Waals surface area contributed by atoms with Gasteiger partial charge >= 0.3 is 0 Å². The molecular formula is C17H20N4O3. The quantitative estimate of drug-likeness (QED) is 0.908. The zero-order valence-corrected chi connectivity index (χ0v) is 13.8. The first kappa shape index (κ1) is 16.0. The Kier molecular flexibility index (Phi) is 4.79. The summed E-state index contributed by atoms with van der Waals surface area (Å²) < 4.78 is 11.0. The van der Waals surface area contributed by atoms with E-state index in [2.05, 4.69) is 20.4 Å². The van der Waals surface area contributed by atoms with Crippen LogP contribution in [0.2, 0.25) is 0 Å². The van der Waals surface area contributed by atoms with Gasteiger partial charge in [-0.3, -0.25) is 4.79 Å². The molecule has 1 aromatic carbocycles. The van der Waals surface area contributed by atoms with E-state index in [0.29, 0.717) is 30.4 Å². The summed E-state index contributed by atoms with van der Waals surface area (Å²) in [6.45, 7) is 6.82.